The molecule has 0 aliphatic rings. The van der Waals surface area contributed by atoms with Gasteiger partial charge in [0.05, 0.1) is 0 Å². The largest absolute Gasteiger partial charge is 0.479 e. The van der Waals surface area contributed by atoms with Crippen LogP contribution in [0.1, 0.15) is 19.8 Å². The van der Waals surface area contributed by atoms with Crippen molar-refractivity contribution in [3.05, 3.63) is 24.8 Å². The summed E-state index contributed by atoms with van der Waals surface area (Å²) in [7, 11) is 0. The van der Waals surface area contributed by atoms with Gasteiger partial charge in [0, 0.05) is 12.5 Å². The maximum absolute atomic E-state index is 11.2. The normalized spacial score (nSPS) is 12.3. The van der Waals surface area contributed by atoms with Crippen molar-refractivity contribution < 1.29 is 19.4 Å². The highest BCUT2D eigenvalue weighted by molar-refractivity contribution is 7.99. The van der Waals surface area contributed by atoms with Crippen molar-refractivity contribution in [1.82, 2.24) is 0 Å². The number of allylic oxidation sites excluding steroid dienone is 2. The molecule has 0 aromatic heterocycles. The smallest absolute Gasteiger partial charge is 0.345 e. The number of hydrogen-bond donors (Lipinski definition) is 1. The highest BCUT2D eigenvalue weighted by atomic mass is 32.2. The molecule has 0 aliphatic carbocycles. The van der Waals surface area contributed by atoms with Gasteiger partial charge >= 0.3 is 11.9 Å². The Labute approximate surface area is 106 Å². The van der Waals surface area contributed by atoms with E-state index in [1.165, 1.54) is 12.2 Å². The number of aliphatic carboxylic acids is 1. The molecule has 0 aromatic rings. The van der Waals surface area contributed by atoms with E-state index in [1.54, 1.807) is 11.8 Å². The molecule has 0 aromatic carbocycles. The van der Waals surface area contributed by atoms with Crippen molar-refractivity contribution in [2.75, 3.05) is 11.5 Å². The van der Waals surface area contributed by atoms with Gasteiger partial charge in [-0.15, -0.1) is 0 Å². The highest BCUT2D eigenvalue weighted by Gasteiger charge is 2.20. The average molecular weight is 258 g/mol. The molecule has 0 rings (SSSR count). The minimum atomic E-state index is -1.11. The number of carboxylic acid groups (broad SMARTS) is 1. The fourth-order valence-electron chi connectivity index (χ4n) is 0.996. The number of carbonyl (C=O) groups is 2. The van der Waals surface area contributed by atoms with Crippen LogP contribution in [0.3, 0.4) is 0 Å². The second-order valence-corrected chi connectivity index (χ2v) is 4.48. The molecule has 0 fully saturated rings. The van der Waals surface area contributed by atoms with E-state index < -0.39 is 18.0 Å². The summed E-state index contributed by atoms with van der Waals surface area (Å²) < 4.78 is 4.81. The summed E-state index contributed by atoms with van der Waals surface area (Å²) in [5.74, 6) is -0.111. The molecule has 1 atom stereocenters. The lowest BCUT2D eigenvalue weighted by atomic mass is 10.3. The summed E-state index contributed by atoms with van der Waals surface area (Å²) in [6.45, 7) is 5.46. The lowest BCUT2D eigenvalue weighted by Gasteiger charge is -2.11. The van der Waals surface area contributed by atoms with Crippen molar-refractivity contribution in [3.8, 4) is 0 Å². The third-order valence-electron chi connectivity index (χ3n) is 1.78. The topological polar surface area (TPSA) is 63.6 Å². The van der Waals surface area contributed by atoms with E-state index in [0.29, 0.717) is 12.2 Å². The van der Waals surface area contributed by atoms with Crippen LogP contribution in [-0.4, -0.2) is 34.7 Å². The summed E-state index contributed by atoms with van der Waals surface area (Å²) >= 11 is 1.66. The molecule has 1 unspecified atom stereocenters. The second kappa shape index (κ2) is 9.96. The summed E-state index contributed by atoms with van der Waals surface area (Å²) in [6, 6.07) is 0. The standard InChI is InChI=1S/C12H18O4S/c1-3-5-6-11(13)16-10(12(14)15)7-9-17-8-4-2/h3,5-6,10H,1,4,7-9H2,2H3,(H,14,15)/b6-5+. The third kappa shape index (κ3) is 8.56. The second-order valence-electron chi connectivity index (χ2n) is 3.26. The van der Waals surface area contributed by atoms with Crippen LogP contribution in [0, 0.1) is 0 Å². The van der Waals surface area contributed by atoms with Crippen molar-refractivity contribution in [2.24, 2.45) is 0 Å². The van der Waals surface area contributed by atoms with Gasteiger partial charge < -0.3 is 9.84 Å². The van der Waals surface area contributed by atoms with Gasteiger partial charge in [0.15, 0.2) is 6.10 Å². The van der Waals surface area contributed by atoms with Gasteiger partial charge in [0.1, 0.15) is 0 Å². The van der Waals surface area contributed by atoms with Crippen molar-refractivity contribution in [2.45, 2.75) is 25.9 Å². The predicted octanol–water partition coefficient (Wildman–Crippen LogP) is 2.26. The van der Waals surface area contributed by atoms with E-state index >= 15 is 0 Å². The van der Waals surface area contributed by atoms with Gasteiger partial charge in [-0.1, -0.05) is 25.7 Å². The van der Waals surface area contributed by atoms with Gasteiger partial charge in [-0.25, -0.2) is 9.59 Å². The zero-order chi connectivity index (χ0) is 13.1. The Kier molecular flexibility index (Phi) is 9.24. The number of rotatable bonds is 9. The number of esters is 1. The Balaban J connectivity index is 4.06. The van der Waals surface area contributed by atoms with Crippen LogP contribution in [0.25, 0.3) is 0 Å². The predicted molar refractivity (Wildman–Crippen MR) is 69.1 cm³/mol. The van der Waals surface area contributed by atoms with Crippen LogP contribution in [0.15, 0.2) is 24.8 Å². The molecule has 0 heterocycles. The highest BCUT2D eigenvalue weighted by Crippen LogP contribution is 2.09. The van der Waals surface area contributed by atoms with E-state index in [4.69, 9.17) is 9.84 Å². The molecule has 0 aliphatic heterocycles. The number of thioether (sulfide) groups is 1. The SMILES string of the molecule is C=C/C=C/C(=O)OC(CCSCCC)C(=O)O. The van der Waals surface area contributed by atoms with E-state index in [9.17, 15) is 9.59 Å². The number of hydrogen-bond acceptors (Lipinski definition) is 4. The number of carbonyl (C=O) groups excluding carboxylic acids is 1. The first kappa shape index (κ1) is 15.8. The molecule has 0 saturated carbocycles. The van der Waals surface area contributed by atoms with Gasteiger partial charge in [-0.3, -0.25) is 0 Å². The minimum absolute atomic E-state index is 0.327. The minimum Gasteiger partial charge on any atom is -0.479 e. The molecule has 17 heavy (non-hydrogen) atoms. The Morgan fingerprint density at radius 2 is 2.18 bits per heavy atom. The van der Waals surface area contributed by atoms with Gasteiger partial charge in [0.25, 0.3) is 0 Å². The average Bonchev–Trinajstić information content (AvgIpc) is 2.30. The summed E-state index contributed by atoms with van der Waals surface area (Å²) in [6.07, 6.45) is 4.29. The van der Waals surface area contributed by atoms with Crippen molar-refractivity contribution in [1.29, 1.82) is 0 Å². The Morgan fingerprint density at radius 1 is 1.47 bits per heavy atom. The van der Waals surface area contributed by atoms with Gasteiger partial charge in [0.2, 0.25) is 0 Å². The molecular weight excluding hydrogens is 240 g/mol. The van der Waals surface area contributed by atoms with Gasteiger partial charge in [-0.2, -0.15) is 11.8 Å². The molecule has 1 N–H and O–H groups in total. The van der Waals surface area contributed by atoms with E-state index in [2.05, 4.69) is 13.5 Å². The van der Waals surface area contributed by atoms with Crippen LogP contribution >= 0.6 is 11.8 Å². The van der Waals surface area contributed by atoms with Gasteiger partial charge in [-0.05, 0) is 17.9 Å². The molecule has 0 bridgehead atoms. The lowest BCUT2D eigenvalue weighted by Crippen LogP contribution is -2.27. The summed E-state index contributed by atoms with van der Waals surface area (Å²) in [4.78, 5) is 22.0. The van der Waals surface area contributed by atoms with Crippen LogP contribution in [-0.2, 0) is 14.3 Å². The first-order valence-electron chi connectivity index (χ1n) is 5.42. The Bertz CT molecular complexity index is 286. The third-order valence-corrected chi connectivity index (χ3v) is 3.00. The van der Waals surface area contributed by atoms with Crippen LogP contribution < -0.4 is 0 Å². The Morgan fingerprint density at radius 3 is 2.71 bits per heavy atom. The maximum Gasteiger partial charge on any atom is 0.345 e. The fourth-order valence-corrected chi connectivity index (χ4v) is 1.87. The zero-order valence-electron chi connectivity index (χ0n) is 9.93. The van der Waals surface area contributed by atoms with E-state index in [0.717, 1.165) is 18.2 Å². The monoisotopic (exact) mass is 258 g/mol. The maximum atomic E-state index is 11.2. The van der Waals surface area contributed by atoms with E-state index in [-0.39, 0.29) is 0 Å². The fraction of sp³-hybridized carbons (Fsp3) is 0.500. The lowest BCUT2D eigenvalue weighted by molar-refractivity contribution is -0.160. The molecule has 96 valence electrons. The number of ether oxygens (including phenoxy) is 1. The molecule has 0 amide bonds. The van der Waals surface area contributed by atoms with Crippen LogP contribution in [0.5, 0.6) is 0 Å². The molecule has 4 nitrogen and oxygen atoms in total. The number of carboxylic acids is 1. The quantitative estimate of drug-likeness (QED) is 0.297. The summed E-state index contributed by atoms with van der Waals surface area (Å²) in [5, 5.41) is 8.87. The van der Waals surface area contributed by atoms with Crippen LogP contribution in [0.2, 0.25) is 0 Å². The molecule has 0 spiro atoms. The molecule has 0 saturated heterocycles. The molecular formula is C12H18O4S. The first-order valence-corrected chi connectivity index (χ1v) is 6.57. The molecule has 0 radical (unpaired) electrons. The Hall–Kier alpha value is -1.23. The molecule has 5 heteroatoms. The zero-order valence-corrected chi connectivity index (χ0v) is 10.7. The van der Waals surface area contributed by atoms with Crippen LogP contribution in [0.4, 0.5) is 0 Å². The van der Waals surface area contributed by atoms with Crippen molar-refractivity contribution in [3.63, 3.8) is 0 Å². The van der Waals surface area contributed by atoms with Crippen molar-refractivity contribution >= 4 is 23.7 Å². The van der Waals surface area contributed by atoms with E-state index in [1.807, 2.05) is 0 Å². The first-order chi connectivity index (χ1) is 8.11. The summed E-state index contributed by atoms with van der Waals surface area (Å²) in [5.41, 5.74) is 0.